The van der Waals surface area contributed by atoms with Crippen LogP contribution in [0.15, 0.2) is 6.07 Å². The van der Waals surface area contributed by atoms with E-state index in [4.69, 9.17) is 0 Å². The average molecular weight is 290 g/mol. The van der Waals surface area contributed by atoms with E-state index >= 15 is 0 Å². The molecule has 1 heterocycles. The lowest BCUT2D eigenvalue weighted by atomic mass is 10.1. The molecule has 0 bridgehead atoms. The van der Waals surface area contributed by atoms with Gasteiger partial charge in [-0.1, -0.05) is 20.8 Å². The van der Waals surface area contributed by atoms with Crippen LogP contribution in [0.5, 0.6) is 0 Å². The minimum absolute atomic E-state index is 0.756. The van der Waals surface area contributed by atoms with E-state index < -0.39 is 0 Å². The van der Waals surface area contributed by atoms with Crippen LogP contribution in [0.4, 0.5) is 5.82 Å². The average Bonchev–Trinajstić information content (AvgIpc) is 3.25. The molecule has 0 aliphatic heterocycles. The van der Waals surface area contributed by atoms with Gasteiger partial charge in [0.15, 0.2) is 0 Å². The van der Waals surface area contributed by atoms with Gasteiger partial charge >= 0.3 is 0 Å². The predicted octanol–water partition coefficient (Wildman–Crippen LogP) is 3.62. The number of nitrogens with one attached hydrogen (secondary N) is 1. The van der Waals surface area contributed by atoms with Crippen LogP contribution < -0.4 is 5.32 Å². The fourth-order valence-electron chi connectivity index (χ4n) is 2.48. The SMILES string of the molecule is CCCNc1cc(C)nc(CN(CCC(C)C)C2CC2)n1. The number of aromatic nitrogens is 2. The molecule has 1 fully saturated rings. The maximum Gasteiger partial charge on any atom is 0.144 e. The molecule has 118 valence electrons. The van der Waals surface area contributed by atoms with Gasteiger partial charge in [-0.25, -0.2) is 9.97 Å². The molecule has 0 radical (unpaired) electrons. The summed E-state index contributed by atoms with van der Waals surface area (Å²) in [4.78, 5) is 11.9. The van der Waals surface area contributed by atoms with Crippen LogP contribution in [0.25, 0.3) is 0 Å². The normalized spacial score (nSPS) is 15.0. The van der Waals surface area contributed by atoms with Crippen molar-refractivity contribution in [2.75, 3.05) is 18.4 Å². The first-order valence-corrected chi connectivity index (χ1v) is 8.41. The molecular weight excluding hydrogens is 260 g/mol. The molecule has 1 aliphatic rings. The fourth-order valence-corrected chi connectivity index (χ4v) is 2.48. The van der Waals surface area contributed by atoms with Gasteiger partial charge in [0.2, 0.25) is 0 Å². The van der Waals surface area contributed by atoms with Crippen LogP contribution in [0.2, 0.25) is 0 Å². The predicted molar refractivity (Wildman–Crippen MR) is 88.4 cm³/mol. The Hall–Kier alpha value is -1.16. The van der Waals surface area contributed by atoms with E-state index in [0.29, 0.717) is 0 Å². The molecular formula is C17H30N4. The second kappa shape index (κ2) is 7.74. The Labute approximate surface area is 129 Å². The lowest BCUT2D eigenvalue weighted by Gasteiger charge is -2.22. The minimum atomic E-state index is 0.756. The van der Waals surface area contributed by atoms with Crippen LogP contribution in [-0.2, 0) is 6.54 Å². The maximum atomic E-state index is 4.68. The zero-order valence-electron chi connectivity index (χ0n) is 14.0. The summed E-state index contributed by atoms with van der Waals surface area (Å²) in [6.07, 6.45) is 5.04. The summed E-state index contributed by atoms with van der Waals surface area (Å²) in [6, 6.07) is 2.80. The van der Waals surface area contributed by atoms with Gasteiger partial charge in [-0.05, 0) is 45.1 Å². The summed E-state index contributed by atoms with van der Waals surface area (Å²) in [6.45, 7) is 11.8. The first kappa shape index (κ1) is 16.2. The number of rotatable bonds is 9. The van der Waals surface area contributed by atoms with Crippen LogP contribution in [0.3, 0.4) is 0 Å². The lowest BCUT2D eigenvalue weighted by molar-refractivity contribution is 0.233. The third-order valence-electron chi connectivity index (χ3n) is 3.86. The summed E-state index contributed by atoms with van der Waals surface area (Å²) in [7, 11) is 0. The molecule has 0 aromatic carbocycles. The Kier molecular flexibility index (Phi) is 5.97. The third-order valence-corrected chi connectivity index (χ3v) is 3.86. The maximum absolute atomic E-state index is 4.68. The molecule has 0 spiro atoms. The van der Waals surface area contributed by atoms with Gasteiger partial charge < -0.3 is 5.32 Å². The van der Waals surface area contributed by atoms with E-state index in [9.17, 15) is 0 Å². The Bertz CT molecular complexity index is 440. The highest BCUT2D eigenvalue weighted by Gasteiger charge is 2.29. The Morgan fingerprint density at radius 2 is 2.10 bits per heavy atom. The molecule has 2 rings (SSSR count). The minimum Gasteiger partial charge on any atom is -0.370 e. The van der Waals surface area contributed by atoms with Gasteiger partial charge in [0.25, 0.3) is 0 Å². The third kappa shape index (κ3) is 5.62. The molecule has 0 saturated heterocycles. The van der Waals surface area contributed by atoms with E-state index in [1.165, 1.54) is 19.3 Å². The summed E-state index contributed by atoms with van der Waals surface area (Å²) in [5.74, 6) is 2.69. The molecule has 1 aromatic rings. The van der Waals surface area contributed by atoms with Crippen molar-refractivity contribution in [3.05, 3.63) is 17.6 Å². The second-order valence-corrected chi connectivity index (χ2v) is 6.62. The summed E-state index contributed by atoms with van der Waals surface area (Å²) >= 11 is 0. The Morgan fingerprint density at radius 1 is 1.33 bits per heavy atom. The Morgan fingerprint density at radius 3 is 2.71 bits per heavy atom. The van der Waals surface area contributed by atoms with Gasteiger partial charge in [0, 0.05) is 24.3 Å². The zero-order valence-corrected chi connectivity index (χ0v) is 14.0. The second-order valence-electron chi connectivity index (χ2n) is 6.62. The van der Waals surface area contributed by atoms with E-state index in [1.807, 2.05) is 6.07 Å². The summed E-state index contributed by atoms with van der Waals surface area (Å²) in [5.41, 5.74) is 1.05. The number of anilines is 1. The first-order chi connectivity index (χ1) is 10.1. The molecule has 1 N–H and O–H groups in total. The van der Waals surface area contributed by atoms with E-state index in [0.717, 1.165) is 55.4 Å². The van der Waals surface area contributed by atoms with Gasteiger partial charge in [0.1, 0.15) is 11.6 Å². The molecule has 0 amide bonds. The highest BCUT2D eigenvalue weighted by molar-refractivity contribution is 5.35. The van der Waals surface area contributed by atoms with Gasteiger partial charge in [-0.15, -0.1) is 0 Å². The first-order valence-electron chi connectivity index (χ1n) is 8.41. The number of hydrogen-bond donors (Lipinski definition) is 1. The number of nitrogens with zero attached hydrogens (tertiary/aromatic N) is 3. The smallest absolute Gasteiger partial charge is 0.144 e. The van der Waals surface area contributed by atoms with Crippen molar-refractivity contribution in [1.29, 1.82) is 0 Å². The zero-order chi connectivity index (χ0) is 15.2. The summed E-state index contributed by atoms with van der Waals surface area (Å²) in [5, 5.41) is 3.37. The standard InChI is InChI=1S/C17H30N4/c1-5-9-18-16-11-14(4)19-17(20-16)12-21(15-6-7-15)10-8-13(2)3/h11,13,15H,5-10,12H2,1-4H3,(H,18,19,20). The molecule has 21 heavy (non-hydrogen) atoms. The fraction of sp³-hybridized carbons (Fsp3) is 0.765. The lowest BCUT2D eigenvalue weighted by Crippen LogP contribution is -2.28. The monoisotopic (exact) mass is 290 g/mol. The highest BCUT2D eigenvalue weighted by atomic mass is 15.2. The number of hydrogen-bond acceptors (Lipinski definition) is 4. The van der Waals surface area contributed by atoms with Crippen LogP contribution >= 0.6 is 0 Å². The van der Waals surface area contributed by atoms with Crippen molar-refractivity contribution in [3.8, 4) is 0 Å². The topological polar surface area (TPSA) is 41.1 Å². The largest absolute Gasteiger partial charge is 0.370 e. The van der Waals surface area contributed by atoms with Crippen molar-refractivity contribution in [3.63, 3.8) is 0 Å². The molecule has 1 aromatic heterocycles. The van der Waals surface area contributed by atoms with E-state index in [-0.39, 0.29) is 0 Å². The molecule has 4 heteroatoms. The van der Waals surface area contributed by atoms with Crippen molar-refractivity contribution < 1.29 is 0 Å². The molecule has 0 unspecified atom stereocenters. The van der Waals surface area contributed by atoms with Crippen LogP contribution in [0.1, 0.15) is 58.0 Å². The van der Waals surface area contributed by atoms with Gasteiger partial charge in [-0.2, -0.15) is 0 Å². The van der Waals surface area contributed by atoms with Crippen molar-refractivity contribution >= 4 is 5.82 Å². The quantitative estimate of drug-likeness (QED) is 0.754. The Balaban J connectivity index is 2.00. The molecule has 1 aliphatic carbocycles. The number of aryl methyl sites for hydroxylation is 1. The molecule has 0 atom stereocenters. The highest BCUT2D eigenvalue weighted by Crippen LogP contribution is 2.28. The molecule has 1 saturated carbocycles. The summed E-state index contributed by atoms with van der Waals surface area (Å²) < 4.78 is 0. The van der Waals surface area contributed by atoms with Gasteiger partial charge in [0.05, 0.1) is 6.54 Å². The van der Waals surface area contributed by atoms with Crippen LogP contribution in [0, 0.1) is 12.8 Å². The molecule has 4 nitrogen and oxygen atoms in total. The van der Waals surface area contributed by atoms with Crippen molar-refractivity contribution in [2.45, 2.75) is 66.0 Å². The van der Waals surface area contributed by atoms with Gasteiger partial charge in [-0.3, -0.25) is 4.90 Å². The van der Waals surface area contributed by atoms with Crippen molar-refractivity contribution in [2.24, 2.45) is 5.92 Å². The van der Waals surface area contributed by atoms with Crippen LogP contribution in [-0.4, -0.2) is 34.0 Å². The van der Waals surface area contributed by atoms with Crippen molar-refractivity contribution in [1.82, 2.24) is 14.9 Å². The van der Waals surface area contributed by atoms with E-state index in [1.54, 1.807) is 0 Å². The van der Waals surface area contributed by atoms with E-state index in [2.05, 4.69) is 47.9 Å².